The number of nitrogens with zero attached hydrogens (tertiary/aromatic N) is 3. The number of aromatic nitrogens is 3. The lowest BCUT2D eigenvalue weighted by molar-refractivity contribution is -0.0409. The molecule has 1 fully saturated rings. The van der Waals surface area contributed by atoms with E-state index in [4.69, 9.17) is 4.42 Å². The fourth-order valence-corrected chi connectivity index (χ4v) is 2.69. The molecule has 0 saturated heterocycles. The van der Waals surface area contributed by atoms with Gasteiger partial charge in [-0.25, -0.2) is 13.6 Å². The van der Waals surface area contributed by atoms with E-state index in [-0.39, 0.29) is 25.3 Å². The van der Waals surface area contributed by atoms with Crippen LogP contribution in [0.15, 0.2) is 33.7 Å². The van der Waals surface area contributed by atoms with Crippen LogP contribution in [0.5, 0.6) is 0 Å². The first kappa shape index (κ1) is 13.9. The number of hydrogen-bond acceptors (Lipinski definition) is 4. The van der Waals surface area contributed by atoms with Gasteiger partial charge in [0.1, 0.15) is 0 Å². The lowest BCUT2D eigenvalue weighted by Crippen LogP contribution is -2.25. The molecule has 1 unspecified atom stereocenters. The molecular formula is C14H15F2N3O2. The molecule has 112 valence electrons. The molecule has 2 aromatic heterocycles. The lowest BCUT2D eigenvalue weighted by Gasteiger charge is -2.18. The maximum absolute atomic E-state index is 13.5. The Morgan fingerprint density at radius 1 is 1.48 bits per heavy atom. The van der Waals surface area contributed by atoms with Crippen LogP contribution in [0, 0.1) is 5.92 Å². The molecule has 0 N–H and O–H groups in total. The van der Waals surface area contributed by atoms with Crippen LogP contribution in [0.25, 0.3) is 11.5 Å². The fraction of sp³-hybridized carbons (Fsp3) is 0.500. The van der Waals surface area contributed by atoms with Gasteiger partial charge in [0.15, 0.2) is 0 Å². The van der Waals surface area contributed by atoms with Crippen LogP contribution in [0.2, 0.25) is 0 Å². The smallest absolute Gasteiger partial charge is 0.388 e. The zero-order valence-corrected chi connectivity index (χ0v) is 11.3. The van der Waals surface area contributed by atoms with Gasteiger partial charge in [-0.15, -0.1) is 5.10 Å². The quantitative estimate of drug-likeness (QED) is 0.870. The van der Waals surface area contributed by atoms with E-state index < -0.39 is 17.6 Å². The number of halogens is 2. The normalized spacial score (nSPS) is 20.8. The van der Waals surface area contributed by atoms with E-state index in [0.29, 0.717) is 18.4 Å². The molecule has 2 aromatic rings. The van der Waals surface area contributed by atoms with Crippen LogP contribution in [0.4, 0.5) is 8.78 Å². The minimum atomic E-state index is -2.63. The van der Waals surface area contributed by atoms with Crippen molar-refractivity contribution in [3.8, 4) is 11.5 Å². The van der Waals surface area contributed by atoms with Crippen molar-refractivity contribution < 1.29 is 13.2 Å². The second kappa shape index (κ2) is 5.38. The Bertz CT molecular complexity index is 666. The summed E-state index contributed by atoms with van der Waals surface area (Å²) in [7, 11) is 0. The van der Waals surface area contributed by atoms with E-state index >= 15 is 0 Å². The molecule has 5 nitrogen and oxygen atoms in total. The Morgan fingerprint density at radius 2 is 2.33 bits per heavy atom. The van der Waals surface area contributed by atoms with Gasteiger partial charge < -0.3 is 4.42 Å². The average molecular weight is 295 g/mol. The predicted octanol–water partition coefficient (Wildman–Crippen LogP) is 2.72. The van der Waals surface area contributed by atoms with Crippen molar-refractivity contribution in [2.45, 2.75) is 38.2 Å². The van der Waals surface area contributed by atoms with Crippen molar-refractivity contribution in [3.63, 3.8) is 0 Å². The topological polar surface area (TPSA) is 60.9 Å². The number of aryl methyl sites for hydroxylation is 1. The van der Waals surface area contributed by atoms with Gasteiger partial charge in [0.2, 0.25) is 0 Å². The first-order chi connectivity index (χ1) is 10.1. The van der Waals surface area contributed by atoms with Crippen molar-refractivity contribution >= 4 is 0 Å². The van der Waals surface area contributed by atoms with E-state index in [1.807, 2.05) is 0 Å². The molecule has 3 rings (SSSR count). The Kier molecular flexibility index (Phi) is 3.57. The van der Waals surface area contributed by atoms with Gasteiger partial charge in [0, 0.05) is 31.3 Å². The minimum absolute atomic E-state index is 0.0632. The molecule has 0 radical (unpaired) electrons. The monoisotopic (exact) mass is 295 g/mol. The first-order valence-corrected chi connectivity index (χ1v) is 6.92. The molecule has 0 bridgehead atoms. The van der Waals surface area contributed by atoms with Crippen LogP contribution < -0.4 is 5.76 Å². The van der Waals surface area contributed by atoms with Crippen molar-refractivity contribution in [2.24, 2.45) is 5.92 Å². The van der Waals surface area contributed by atoms with Gasteiger partial charge in [-0.2, -0.15) is 4.68 Å². The molecule has 1 aliphatic rings. The van der Waals surface area contributed by atoms with E-state index in [0.717, 1.165) is 4.68 Å². The zero-order valence-electron chi connectivity index (χ0n) is 11.3. The van der Waals surface area contributed by atoms with Crippen LogP contribution in [0.3, 0.4) is 0 Å². The SMILES string of the molecule is O=c1oc(-c2cccnc2)nn1CCC1CCCC1(F)F. The van der Waals surface area contributed by atoms with Crippen molar-refractivity contribution in [1.29, 1.82) is 0 Å². The van der Waals surface area contributed by atoms with Crippen LogP contribution in [0.1, 0.15) is 25.7 Å². The lowest BCUT2D eigenvalue weighted by atomic mass is 10.0. The third kappa shape index (κ3) is 2.86. The molecule has 0 aliphatic heterocycles. The Hall–Kier alpha value is -2.05. The zero-order chi connectivity index (χ0) is 14.9. The van der Waals surface area contributed by atoms with Crippen molar-refractivity contribution in [3.05, 3.63) is 35.1 Å². The molecule has 2 heterocycles. The Morgan fingerprint density at radius 3 is 3.00 bits per heavy atom. The summed E-state index contributed by atoms with van der Waals surface area (Å²) >= 11 is 0. The second-order valence-corrected chi connectivity index (χ2v) is 5.28. The summed E-state index contributed by atoms with van der Waals surface area (Å²) in [5, 5.41) is 4.04. The van der Waals surface area contributed by atoms with Gasteiger partial charge in [-0.1, -0.05) is 0 Å². The third-order valence-electron chi connectivity index (χ3n) is 3.86. The summed E-state index contributed by atoms with van der Waals surface area (Å²) in [6.45, 7) is 0.142. The Balaban J connectivity index is 1.72. The number of pyridine rings is 1. The number of hydrogen-bond donors (Lipinski definition) is 0. The average Bonchev–Trinajstić information content (AvgIpc) is 3.00. The molecule has 1 aliphatic carbocycles. The van der Waals surface area contributed by atoms with Gasteiger partial charge in [0.25, 0.3) is 11.8 Å². The van der Waals surface area contributed by atoms with Crippen LogP contribution in [-0.2, 0) is 6.54 Å². The molecule has 0 amide bonds. The van der Waals surface area contributed by atoms with E-state index in [1.54, 1.807) is 18.3 Å². The van der Waals surface area contributed by atoms with Gasteiger partial charge in [-0.3, -0.25) is 4.98 Å². The van der Waals surface area contributed by atoms with Crippen molar-refractivity contribution in [2.75, 3.05) is 0 Å². The Labute approximate surface area is 119 Å². The van der Waals surface area contributed by atoms with E-state index in [1.165, 1.54) is 6.20 Å². The van der Waals surface area contributed by atoms with Gasteiger partial charge >= 0.3 is 5.76 Å². The molecule has 0 aromatic carbocycles. The van der Waals surface area contributed by atoms with Crippen molar-refractivity contribution in [1.82, 2.24) is 14.8 Å². The molecule has 7 heteroatoms. The maximum atomic E-state index is 13.5. The minimum Gasteiger partial charge on any atom is -0.388 e. The van der Waals surface area contributed by atoms with E-state index in [9.17, 15) is 13.6 Å². The molecular weight excluding hydrogens is 280 g/mol. The van der Waals surface area contributed by atoms with Crippen LogP contribution >= 0.6 is 0 Å². The van der Waals surface area contributed by atoms with Crippen LogP contribution in [-0.4, -0.2) is 20.7 Å². The molecule has 0 spiro atoms. The second-order valence-electron chi connectivity index (χ2n) is 5.28. The summed E-state index contributed by atoms with van der Waals surface area (Å²) in [4.78, 5) is 15.6. The summed E-state index contributed by atoms with van der Waals surface area (Å²) in [6, 6.07) is 3.42. The highest BCUT2D eigenvalue weighted by Gasteiger charge is 2.43. The fourth-order valence-electron chi connectivity index (χ4n) is 2.69. The molecule has 21 heavy (non-hydrogen) atoms. The highest BCUT2D eigenvalue weighted by atomic mass is 19.3. The summed E-state index contributed by atoms with van der Waals surface area (Å²) < 4.78 is 33.2. The summed E-state index contributed by atoms with van der Waals surface area (Å²) in [5.41, 5.74) is 0.583. The standard InChI is InChI=1S/C14H15F2N3O2/c15-14(16)6-1-4-11(14)5-8-19-13(20)21-12(18-19)10-3-2-7-17-9-10/h2-3,7,9,11H,1,4-6,8H2. The summed E-state index contributed by atoms with van der Waals surface area (Å²) in [6.07, 6.45) is 4.32. The predicted molar refractivity (Wildman–Crippen MR) is 70.9 cm³/mol. The van der Waals surface area contributed by atoms with E-state index in [2.05, 4.69) is 10.1 Å². The number of rotatable bonds is 4. The maximum Gasteiger partial charge on any atom is 0.437 e. The molecule has 1 saturated carbocycles. The van der Waals surface area contributed by atoms with Gasteiger partial charge in [0.05, 0.1) is 5.56 Å². The number of alkyl halides is 2. The largest absolute Gasteiger partial charge is 0.437 e. The highest BCUT2D eigenvalue weighted by Crippen LogP contribution is 2.42. The third-order valence-corrected chi connectivity index (χ3v) is 3.86. The highest BCUT2D eigenvalue weighted by molar-refractivity contribution is 5.49. The molecule has 1 atom stereocenters. The first-order valence-electron chi connectivity index (χ1n) is 6.92. The van der Waals surface area contributed by atoms with Gasteiger partial charge in [-0.05, 0) is 31.4 Å². The summed E-state index contributed by atoms with van der Waals surface area (Å²) in [5.74, 6) is -3.77.